The van der Waals surface area contributed by atoms with E-state index in [1.54, 1.807) is 0 Å². The highest BCUT2D eigenvalue weighted by Gasteiger charge is 2.17. The molecule has 0 aliphatic heterocycles. The molecule has 6 heteroatoms. The molecule has 1 saturated carbocycles. The van der Waals surface area contributed by atoms with Gasteiger partial charge in [-0.25, -0.2) is 4.39 Å². The lowest BCUT2D eigenvalue weighted by Gasteiger charge is -2.22. The fraction of sp³-hybridized carbons (Fsp3) is 0.348. The number of hydrogen-bond acceptors (Lipinski definition) is 3. The highest BCUT2D eigenvalue weighted by molar-refractivity contribution is 5.95. The first-order chi connectivity index (χ1) is 14.1. The second-order valence-electron chi connectivity index (χ2n) is 7.65. The van der Waals surface area contributed by atoms with Crippen LogP contribution in [0.1, 0.15) is 59.6 Å². The number of halogens is 1. The van der Waals surface area contributed by atoms with Crippen molar-refractivity contribution in [2.24, 2.45) is 0 Å². The molecule has 2 aromatic carbocycles. The molecule has 2 N–H and O–H groups in total. The van der Waals surface area contributed by atoms with Crippen LogP contribution in [-0.4, -0.2) is 22.6 Å². The number of H-pyrrole nitrogens is 1. The lowest BCUT2D eigenvalue weighted by molar-refractivity contribution is 0.0947. The largest absolute Gasteiger partial charge is 0.350 e. The minimum Gasteiger partial charge on any atom is -0.350 e. The zero-order valence-corrected chi connectivity index (χ0v) is 16.2. The summed E-state index contributed by atoms with van der Waals surface area (Å²) in [5, 5.41) is 9.08. The Hall–Kier alpha value is -3.02. The van der Waals surface area contributed by atoms with Gasteiger partial charge in [-0.05, 0) is 48.4 Å². The molecule has 3 aromatic rings. The van der Waals surface area contributed by atoms with E-state index < -0.39 is 17.2 Å². The van der Waals surface area contributed by atoms with Gasteiger partial charge in [0.2, 0.25) is 5.43 Å². The summed E-state index contributed by atoms with van der Waals surface area (Å²) in [6.07, 6.45) is 7.17. The van der Waals surface area contributed by atoms with Crippen molar-refractivity contribution in [1.82, 2.24) is 15.5 Å². The van der Waals surface area contributed by atoms with E-state index in [0.717, 1.165) is 5.56 Å². The lowest BCUT2D eigenvalue weighted by Crippen LogP contribution is -2.32. The van der Waals surface area contributed by atoms with E-state index in [1.165, 1.54) is 55.9 Å². The lowest BCUT2D eigenvalue weighted by atomic mass is 9.84. The van der Waals surface area contributed by atoms with Crippen LogP contribution < -0.4 is 10.7 Å². The number of nitrogens with one attached hydrogen (secondary N) is 2. The Morgan fingerprint density at radius 2 is 1.86 bits per heavy atom. The van der Waals surface area contributed by atoms with Gasteiger partial charge in [0.15, 0.2) is 5.69 Å². The first-order valence-electron chi connectivity index (χ1n) is 10.2. The maximum absolute atomic E-state index is 13.7. The van der Waals surface area contributed by atoms with Gasteiger partial charge in [-0.3, -0.25) is 14.7 Å². The van der Waals surface area contributed by atoms with Gasteiger partial charge >= 0.3 is 0 Å². The summed E-state index contributed by atoms with van der Waals surface area (Å²) in [4.78, 5) is 24.8. The Balaban J connectivity index is 1.37. The van der Waals surface area contributed by atoms with Crippen LogP contribution in [0.4, 0.5) is 4.39 Å². The zero-order valence-electron chi connectivity index (χ0n) is 16.2. The molecule has 1 aliphatic carbocycles. The van der Waals surface area contributed by atoms with Crippen molar-refractivity contribution in [2.75, 3.05) is 6.54 Å². The van der Waals surface area contributed by atoms with Crippen LogP contribution in [0.2, 0.25) is 0 Å². The van der Waals surface area contributed by atoms with Gasteiger partial charge in [-0.2, -0.15) is 5.10 Å². The molecule has 4 rings (SSSR count). The van der Waals surface area contributed by atoms with Gasteiger partial charge in [0.05, 0.1) is 5.39 Å². The molecule has 1 heterocycles. The smallest absolute Gasteiger partial charge is 0.275 e. The van der Waals surface area contributed by atoms with Crippen molar-refractivity contribution in [3.8, 4) is 0 Å². The summed E-state index contributed by atoms with van der Waals surface area (Å²) in [6, 6.07) is 12.8. The Labute approximate surface area is 168 Å². The summed E-state index contributed by atoms with van der Waals surface area (Å²) in [5.41, 5.74) is 1.71. The quantitative estimate of drug-likeness (QED) is 0.686. The molecular formula is C23H24FN3O2. The maximum Gasteiger partial charge on any atom is 0.275 e. The molecule has 1 aromatic heterocycles. The number of fused-ring (bicyclic) bond motifs is 1. The van der Waals surface area contributed by atoms with Crippen LogP contribution in [0, 0.1) is 5.82 Å². The van der Waals surface area contributed by atoms with E-state index in [4.69, 9.17) is 0 Å². The van der Waals surface area contributed by atoms with Gasteiger partial charge in [0.25, 0.3) is 5.91 Å². The van der Waals surface area contributed by atoms with Crippen LogP contribution >= 0.6 is 0 Å². The molecule has 1 fully saturated rings. The molecule has 0 unspecified atom stereocenters. The summed E-state index contributed by atoms with van der Waals surface area (Å²) < 4.78 is 13.7. The highest BCUT2D eigenvalue weighted by atomic mass is 19.1. The van der Waals surface area contributed by atoms with Gasteiger partial charge < -0.3 is 5.32 Å². The topological polar surface area (TPSA) is 74.8 Å². The molecule has 0 bridgehead atoms. The van der Waals surface area contributed by atoms with E-state index >= 15 is 0 Å². The predicted octanol–water partition coefficient (Wildman–Crippen LogP) is 4.08. The van der Waals surface area contributed by atoms with Crippen molar-refractivity contribution in [3.63, 3.8) is 0 Å². The molecule has 1 aliphatic rings. The second-order valence-corrected chi connectivity index (χ2v) is 7.65. The molecule has 5 nitrogen and oxygen atoms in total. The molecule has 0 atom stereocenters. The minimum absolute atomic E-state index is 0.00658. The first-order valence-corrected chi connectivity index (χ1v) is 10.2. The Morgan fingerprint density at radius 1 is 1.10 bits per heavy atom. The third kappa shape index (κ3) is 4.21. The molecule has 0 saturated heterocycles. The van der Waals surface area contributed by atoms with Crippen molar-refractivity contribution < 1.29 is 9.18 Å². The molecule has 150 valence electrons. The van der Waals surface area contributed by atoms with E-state index in [0.29, 0.717) is 18.9 Å². The number of amides is 1. The first kappa shape index (κ1) is 19.3. The molecule has 29 heavy (non-hydrogen) atoms. The number of carbonyl (C=O) groups excluding carboxylic acids is 1. The molecular weight excluding hydrogens is 369 g/mol. The number of rotatable bonds is 5. The number of benzene rings is 2. The number of aromatic nitrogens is 2. The van der Waals surface area contributed by atoms with E-state index in [2.05, 4.69) is 39.8 Å². The van der Waals surface area contributed by atoms with Crippen molar-refractivity contribution >= 4 is 16.8 Å². The maximum atomic E-state index is 13.7. The third-order valence-corrected chi connectivity index (χ3v) is 5.72. The summed E-state index contributed by atoms with van der Waals surface area (Å²) in [5.74, 6) is -0.458. The standard InChI is InChI=1S/C23H24FN3O2/c24-19-8-4-7-18-20(19)26-27-21(22(18)28)23(29)25-14-13-15-9-11-17(12-10-15)16-5-2-1-3-6-16/h4,7-12,16H,1-3,5-6,13-14H2,(H,25,29)(H,26,28). The van der Waals surface area contributed by atoms with E-state index in [1.807, 2.05) is 0 Å². The fourth-order valence-electron chi connectivity index (χ4n) is 4.07. The van der Waals surface area contributed by atoms with Crippen LogP contribution in [0.3, 0.4) is 0 Å². The summed E-state index contributed by atoms with van der Waals surface area (Å²) in [6.45, 7) is 0.393. The van der Waals surface area contributed by atoms with E-state index in [-0.39, 0.29) is 16.6 Å². The average Bonchev–Trinajstić information content (AvgIpc) is 2.76. The number of hydrogen-bond donors (Lipinski definition) is 2. The Bertz CT molecular complexity index is 1070. The van der Waals surface area contributed by atoms with Gasteiger partial charge in [0, 0.05) is 6.54 Å². The third-order valence-electron chi connectivity index (χ3n) is 5.72. The molecule has 0 radical (unpaired) electrons. The van der Waals surface area contributed by atoms with Crippen LogP contribution in [0.5, 0.6) is 0 Å². The average molecular weight is 393 g/mol. The number of aromatic amines is 1. The van der Waals surface area contributed by atoms with Crippen molar-refractivity contribution in [2.45, 2.75) is 44.4 Å². The number of carbonyl (C=O) groups is 1. The van der Waals surface area contributed by atoms with Crippen LogP contribution in [0.15, 0.2) is 47.3 Å². The predicted molar refractivity (Wildman–Crippen MR) is 111 cm³/mol. The fourth-order valence-corrected chi connectivity index (χ4v) is 4.07. The number of para-hydroxylation sites is 1. The highest BCUT2D eigenvalue weighted by Crippen LogP contribution is 2.32. The summed E-state index contributed by atoms with van der Waals surface area (Å²) >= 11 is 0. The van der Waals surface area contributed by atoms with Crippen LogP contribution in [-0.2, 0) is 6.42 Å². The van der Waals surface area contributed by atoms with Crippen molar-refractivity contribution in [1.29, 1.82) is 0 Å². The van der Waals surface area contributed by atoms with Crippen molar-refractivity contribution in [3.05, 3.63) is 75.3 Å². The second kappa shape index (κ2) is 8.55. The van der Waals surface area contributed by atoms with Gasteiger partial charge in [-0.15, -0.1) is 0 Å². The molecule has 0 spiro atoms. The monoisotopic (exact) mass is 393 g/mol. The van der Waals surface area contributed by atoms with Crippen LogP contribution in [0.25, 0.3) is 10.9 Å². The van der Waals surface area contributed by atoms with Gasteiger partial charge in [0.1, 0.15) is 11.3 Å². The summed E-state index contributed by atoms with van der Waals surface area (Å²) in [7, 11) is 0. The normalized spacial score (nSPS) is 14.8. The number of nitrogens with zero attached hydrogens (tertiary/aromatic N) is 1. The SMILES string of the molecule is O=C(NCCc1ccc(C2CCCCC2)cc1)c1n[nH]c2c(F)cccc2c1=O. The zero-order chi connectivity index (χ0) is 20.2. The van der Waals surface area contributed by atoms with Gasteiger partial charge in [-0.1, -0.05) is 49.6 Å². The molecule has 1 amide bonds. The van der Waals surface area contributed by atoms with E-state index in [9.17, 15) is 14.0 Å². The Morgan fingerprint density at radius 3 is 2.62 bits per heavy atom. The minimum atomic E-state index is -0.576. The Kier molecular flexibility index (Phi) is 5.69.